The smallest absolute Gasteiger partial charge is 0.262 e. The molecule has 0 aromatic heterocycles. The van der Waals surface area contributed by atoms with Gasteiger partial charge in [-0.1, -0.05) is 12.1 Å². The first kappa shape index (κ1) is 17.7. The van der Waals surface area contributed by atoms with E-state index in [0.29, 0.717) is 34.9 Å². The molecule has 3 aromatic rings. The highest BCUT2D eigenvalue weighted by atomic mass is 16.5. The number of aromatic hydroxyl groups is 2. The maximum absolute atomic E-state index is 13.3. The molecule has 6 nitrogen and oxygen atoms in total. The summed E-state index contributed by atoms with van der Waals surface area (Å²) in [5, 5.41) is 23.4. The molecule has 3 aromatic carbocycles. The van der Waals surface area contributed by atoms with E-state index in [1.165, 1.54) is 12.1 Å². The van der Waals surface area contributed by atoms with Crippen LogP contribution in [0.5, 0.6) is 17.2 Å². The van der Waals surface area contributed by atoms with Gasteiger partial charge in [0, 0.05) is 23.0 Å². The molecule has 0 spiro atoms. The molecule has 0 saturated heterocycles. The van der Waals surface area contributed by atoms with Gasteiger partial charge in [0.2, 0.25) is 0 Å². The summed E-state index contributed by atoms with van der Waals surface area (Å²) in [5.41, 5.74) is 2.38. The molecule has 0 unspecified atom stereocenters. The van der Waals surface area contributed by atoms with E-state index < -0.39 is 6.17 Å². The number of anilines is 2. The number of carbonyl (C=O) groups is 1. The Bertz CT molecular complexity index is 1020. The van der Waals surface area contributed by atoms with Crippen molar-refractivity contribution in [2.75, 3.05) is 16.8 Å². The van der Waals surface area contributed by atoms with Gasteiger partial charge in [0.05, 0.1) is 12.2 Å². The standard InChI is InChI=1S/C22H20N2O4/c1-2-28-16-10-7-14(8-11-16)24-21(18-12-9-15(25)13-20(18)26)23-19-6-4-3-5-17(19)22(24)27/h3-13,21,23,25-26H,2H2,1H3/t21-/m1/s1. The highest BCUT2D eigenvalue weighted by Gasteiger charge is 2.35. The van der Waals surface area contributed by atoms with Gasteiger partial charge in [0.25, 0.3) is 5.91 Å². The molecule has 1 atom stereocenters. The van der Waals surface area contributed by atoms with Gasteiger partial charge in [-0.3, -0.25) is 9.69 Å². The monoisotopic (exact) mass is 376 g/mol. The fourth-order valence-corrected chi connectivity index (χ4v) is 3.37. The second-order valence-electron chi connectivity index (χ2n) is 6.44. The van der Waals surface area contributed by atoms with E-state index in [9.17, 15) is 15.0 Å². The van der Waals surface area contributed by atoms with E-state index in [4.69, 9.17) is 4.74 Å². The molecule has 3 N–H and O–H groups in total. The van der Waals surface area contributed by atoms with Gasteiger partial charge in [-0.15, -0.1) is 0 Å². The van der Waals surface area contributed by atoms with Crippen molar-refractivity contribution in [3.05, 3.63) is 77.9 Å². The molecule has 0 saturated carbocycles. The Morgan fingerprint density at radius 2 is 1.79 bits per heavy atom. The molecule has 1 heterocycles. The minimum atomic E-state index is -0.638. The Balaban J connectivity index is 1.82. The Kier molecular flexibility index (Phi) is 4.53. The van der Waals surface area contributed by atoms with Crippen LogP contribution in [0, 0.1) is 0 Å². The molecule has 0 aliphatic carbocycles. The number of hydrogen-bond donors (Lipinski definition) is 3. The van der Waals surface area contributed by atoms with Crippen LogP contribution in [-0.2, 0) is 0 Å². The summed E-state index contributed by atoms with van der Waals surface area (Å²) in [7, 11) is 0. The lowest BCUT2D eigenvalue weighted by molar-refractivity contribution is 0.0974. The number of rotatable bonds is 4. The number of nitrogens with one attached hydrogen (secondary N) is 1. The summed E-state index contributed by atoms with van der Waals surface area (Å²) in [6.07, 6.45) is -0.638. The fourth-order valence-electron chi connectivity index (χ4n) is 3.37. The SMILES string of the molecule is CCOc1ccc(N2C(=O)c3ccccc3N[C@H]2c2ccc(O)cc2O)cc1. The molecule has 0 fully saturated rings. The molecule has 0 bridgehead atoms. The van der Waals surface area contributed by atoms with Gasteiger partial charge in [-0.25, -0.2) is 0 Å². The third kappa shape index (κ3) is 3.09. The van der Waals surface area contributed by atoms with Crippen LogP contribution < -0.4 is 15.0 Å². The number of phenolic OH excluding ortho intramolecular Hbond substituents is 2. The number of para-hydroxylation sites is 1. The fraction of sp³-hybridized carbons (Fsp3) is 0.136. The number of nitrogens with zero attached hydrogens (tertiary/aromatic N) is 1. The lowest BCUT2D eigenvalue weighted by Gasteiger charge is -2.38. The average Bonchev–Trinajstić information content (AvgIpc) is 2.69. The van der Waals surface area contributed by atoms with Crippen molar-refractivity contribution in [1.82, 2.24) is 0 Å². The molecule has 6 heteroatoms. The zero-order valence-corrected chi connectivity index (χ0v) is 15.3. The second-order valence-corrected chi connectivity index (χ2v) is 6.44. The van der Waals surface area contributed by atoms with Crippen LogP contribution in [0.1, 0.15) is 29.0 Å². The van der Waals surface area contributed by atoms with Crippen molar-refractivity contribution >= 4 is 17.3 Å². The van der Waals surface area contributed by atoms with E-state index in [0.717, 1.165) is 0 Å². The summed E-state index contributed by atoms with van der Waals surface area (Å²) in [4.78, 5) is 14.9. The molecule has 0 radical (unpaired) electrons. The van der Waals surface area contributed by atoms with Gasteiger partial charge >= 0.3 is 0 Å². The number of ether oxygens (including phenoxy) is 1. The zero-order chi connectivity index (χ0) is 19.7. The van der Waals surface area contributed by atoms with Crippen molar-refractivity contribution < 1.29 is 19.7 Å². The number of benzene rings is 3. The highest BCUT2D eigenvalue weighted by Crippen LogP contribution is 2.40. The Labute approximate surface area is 162 Å². The van der Waals surface area contributed by atoms with Crippen LogP contribution >= 0.6 is 0 Å². The maximum Gasteiger partial charge on any atom is 0.262 e. The first-order valence-electron chi connectivity index (χ1n) is 9.02. The topological polar surface area (TPSA) is 82.0 Å². The molecule has 1 aliphatic heterocycles. The molecule has 1 aliphatic rings. The van der Waals surface area contributed by atoms with Crippen molar-refractivity contribution in [3.63, 3.8) is 0 Å². The van der Waals surface area contributed by atoms with E-state index in [1.54, 1.807) is 29.2 Å². The summed E-state index contributed by atoms with van der Waals surface area (Å²) >= 11 is 0. The van der Waals surface area contributed by atoms with Gasteiger partial charge < -0.3 is 20.3 Å². The summed E-state index contributed by atoms with van der Waals surface area (Å²) < 4.78 is 5.49. The van der Waals surface area contributed by atoms with Crippen LogP contribution in [0.4, 0.5) is 11.4 Å². The lowest BCUT2D eigenvalue weighted by atomic mass is 10.0. The molecule has 4 rings (SSSR count). The third-order valence-electron chi connectivity index (χ3n) is 4.66. The van der Waals surface area contributed by atoms with Crippen molar-refractivity contribution in [2.24, 2.45) is 0 Å². The minimum Gasteiger partial charge on any atom is -0.508 e. The quantitative estimate of drug-likeness (QED) is 0.634. The normalized spacial score (nSPS) is 15.7. The average molecular weight is 376 g/mol. The summed E-state index contributed by atoms with van der Waals surface area (Å²) in [6, 6.07) is 18.8. The second kappa shape index (κ2) is 7.15. The van der Waals surface area contributed by atoms with Crippen LogP contribution in [0.3, 0.4) is 0 Å². The van der Waals surface area contributed by atoms with Crippen molar-refractivity contribution in [2.45, 2.75) is 13.1 Å². The van der Waals surface area contributed by atoms with E-state index in [2.05, 4.69) is 5.32 Å². The first-order chi connectivity index (χ1) is 13.6. The van der Waals surface area contributed by atoms with Gasteiger partial charge in [0.15, 0.2) is 0 Å². The molecule has 142 valence electrons. The number of carbonyl (C=O) groups excluding carboxylic acids is 1. The number of hydrogen-bond acceptors (Lipinski definition) is 5. The summed E-state index contributed by atoms with van der Waals surface area (Å²) in [5.74, 6) is 0.390. The Morgan fingerprint density at radius 1 is 1.04 bits per heavy atom. The van der Waals surface area contributed by atoms with Crippen molar-refractivity contribution in [1.29, 1.82) is 0 Å². The zero-order valence-electron chi connectivity index (χ0n) is 15.3. The van der Waals surface area contributed by atoms with Gasteiger partial charge in [0.1, 0.15) is 23.4 Å². The molecule has 28 heavy (non-hydrogen) atoms. The highest BCUT2D eigenvalue weighted by molar-refractivity contribution is 6.12. The van der Waals surface area contributed by atoms with Crippen LogP contribution in [0.2, 0.25) is 0 Å². The predicted molar refractivity (Wildman–Crippen MR) is 107 cm³/mol. The van der Waals surface area contributed by atoms with Gasteiger partial charge in [-0.05, 0) is 55.5 Å². The molecular weight excluding hydrogens is 356 g/mol. The number of amides is 1. The summed E-state index contributed by atoms with van der Waals surface area (Å²) in [6.45, 7) is 2.47. The van der Waals surface area contributed by atoms with Crippen LogP contribution in [0.25, 0.3) is 0 Å². The van der Waals surface area contributed by atoms with E-state index in [-0.39, 0.29) is 17.4 Å². The molecule has 1 amide bonds. The van der Waals surface area contributed by atoms with E-state index >= 15 is 0 Å². The number of phenols is 2. The largest absolute Gasteiger partial charge is 0.508 e. The predicted octanol–water partition coefficient (Wildman–Crippen LogP) is 4.27. The maximum atomic E-state index is 13.3. The number of fused-ring (bicyclic) bond motifs is 1. The Hall–Kier alpha value is -3.67. The van der Waals surface area contributed by atoms with Crippen LogP contribution in [0.15, 0.2) is 66.7 Å². The first-order valence-corrected chi connectivity index (χ1v) is 9.02. The Morgan fingerprint density at radius 3 is 2.50 bits per heavy atom. The van der Waals surface area contributed by atoms with Crippen molar-refractivity contribution in [3.8, 4) is 17.2 Å². The van der Waals surface area contributed by atoms with Gasteiger partial charge in [-0.2, -0.15) is 0 Å². The minimum absolute atomic E-state index is 0.0450. The molecular formula is C22H20N2O4. The van der Waals surface area contributed by atoms with Crippen LogP contribution in [-0.4, -0.2) is 22.7 Å². The third-order valence-corrected chi connectivity index (χ3v) is 4.66. The van der Waals surface area contributed by atoms with E-state index in [1.807, 2.05) is 37.3 Å². The lowest BCUT2D eigenvalue weighted by Crippen LogP contribution is -2.43.